The maximum Gasteiger partial charge on any atom is 0.331 e. The minimum absolute atomic E-state index is 0.00597. The molecule has 1 saturated heterocycles. The van der Waals surface area contributed by atoms with E-state index in [1.807, 2.05) is 18.2 Å². The smallest absolute Gasteiger partial charge is 0.331 e. The monoisotopic (exact) mass is 476 g/mol. The lowest BCUT2D eigenvalue weighted by molar-refractivity contribution is 0.122. The Hall–Kier alpha value is -2.39. The van der Waals surface area contributed by atoms with Gasteiger partial charge in [-0.2, -0.15) is 0 Å². The molecule has 9 heteroatoms. The number of aromatic hydroxyl groups is 1. The van der Waals surface area contributed by atoms with E-state index in [2.05, 4.69) is 30.8 Å². The zero-order valence-corrected chi connectivity index (χ0v) is 18.2. The molecule has 0 radical (unpaired) electrons. The van der Waals surface area contributed by atoms with E-state index in [9.17, 15) is 14.7 Å². The number of ether oxygens (including phenoxy) is 1. The van der Waals surface area contributed by atoms with Crippen molar-refractivity contribution in [2.24, 2.45) is 4.99 Å². The van der Waals surface area contributed by atoms with E-state index >= 15 is 0 Å². The van der Waals surface area contributed by atoms with E-state index in [0.29, 0.717) is 18.9 Å². The fourth-order valence-corrected chi connectivity index (χ4v) is 4.74. The van der Waals surface area contributed by atoms with E-state index in [0.717, 1.165) is 55.4 Å². The first-order valence-electron chi connectivity index (χ1n) is 10.3. The fourth-order valence-electron chi connectivity index (χ4n) is 4.12. The number of hydrogen-bond acceptors (Lipinski definition) is 6. The lowest BCUT2D eigenvalue weighted by atomic mass is 9.95. The average molecular weight is 477 g/mol. The quantitative estimate of drug-likeness (QED) is 0.660. The molecule has 1 aliphatic carbocycles. The van der Waals surface area contributed by atoms with Crippen molar-refractivity contribution >= 4 is 33.5 Å². The van der Waals surface area contributed by atoms with Gasteiger partial charge in [-0.15, -0.1) is 0 Å². The number of rotatable bonds is 4. The van der Waals surface area contributed by atoms with Crippen LogP contribution in [0.1, 0.15) is 43.7 Å². The zero-order valence-electron chi connectivity index (χ0n) is 16.6. The Kier molecular flexibility index (Phi) is 6.38. The molecule has 160 valence electrons. The lowest BCUT2D eigenvalue weighted by Crippen LogP contribution is -2.36. The molecule has 0 unspecified atom stereocenters. The molecule has 2 aliphatic rings. The van der Waals surface area contributed by atoms with Crippen LogP contribution in [0.15, 0.2) is 37.3 Å². The number of morpholine rings is 1. The van der Waals surface area contributed by atoms with E-state index < -0.39 is 11.2 Å². The predicted molar refractivity (Wildman–Crippen MR) is 120 cm³/mol. The molecule has 30 heavy (non-hydrogen) atoms. The minimum Gasteiger partial charge on any atom is -0.494 e. The SMILES string of the molecule is O=c1[nH]c(=O)n(C2CCCCC2)c(O)c1C=Nc1ccc(N2CCOCC2)c(Br)c1. The first-order chi connectivity index (χ1) is 14.5. The van der Waals surface area contributed by atoms with Gasteiger partial charge in [0.25, 0.3) is 5.56 Å². The second-order valence-corrected chi connectivity index (χ2v) is 8.51. The summed E-state index contributed by atoms with van der Waals surface area (Å²) in [5.41, 5.74) is 0.474. The van der Waals surface area contributed by atoms with Crippen LogP contribution in [-0.4, -0.2) is 47.2 Å². The topological polar surface area (TPSA) is 99.9 Å². The molecule has 4 rings (SSSR count). The molecule has 0 atom stereocenters. The van der Waals surface area contributed by atoms with Crippen molar-refractivity contribution in [3.63, 3.8) is 0 Å². The summed E-state index contributed by atoms with van der Waals surface area (Å²) in [5.74, 6) is -0.316. The summed E-state index contributed by atoms with van der Waals surface area (Å²) in [4.78, 5) is 33.5. The van der Waals surface area contributed by atoms with Crippen molar-refractivity contribution in [3.05, 3.63) is 49.1 Å². The van der Waals surface area contributed by atoms with Crippen LogP contribution >= 0.6 is 15.9 Å². The van der Waals surface area contributed by atoms with Crippen LogP contribution in [0.2, 0.25) is 0 Å². The van der Waals surface area contributed by atoms with Gasteiger partial charge in [-0.05, 0) is 47.0 Å². The number of anilines is 1. The highest BCUT2D eigenvalue weighted by Crippen LogP contribution is 2.32. The highest BCUT2D eigenvalue weighted by Gasteiger charge is 2.22. The number of hydrogen-bond donors (Lipinski definition) is 2. The van der Waals surface area contributed by atoms with Gasteiger partial charge in [0.1, 0.15) is 5.56 Å². The van der Waals surface area contributed by atoms with Gasteiger partial charge in [-0.25, -0.2) is 4.79 Å². The number of aliphatic imine (C=N–C) groups is 1. The van der Waals surface area contributed by atoms with Gasteiger partial charge < -0.3 is 14.7 Å². The molecular formula is C21H25BrN4O4. The molecule has 1 aromatic heterocycles. The Morgan fingerprint density at radius 3 is 2.60 bits per heavy atom. The average Bonchev–Trinajstić information content (AvgIpc) is 2.75. The van der Waals surface area contributed by atoms with Crippen LogP contribution in [0.5, 0.6) is 5.88 Å². The third kappa shape index (κ3) is 4.37. The minimum atomic E-state index is -0.641. The summed E-state index contributed by atoms with van der Waals surface area (Å²) >= 11 is 3.59. The van der Waals surface area contributed by atoms with Gasteiger partial charge in [0.05, 0.1) is 24.6 Å². The Bertz CT molecular complexity index is 1050. The van der Waals surface area contributed by atoms with Crippen molar-refractivity contribution in [1.29, 1.82) is 0 Å². The van der Waals surface area contributed by atoms with E-state index in [1.54, 1.807) is 0 Å². The molecule has 1 aliphatic heterocycles. The van der Waals surface area contributed by atoms with Crippen molar-refractivity contribution in [2.45, 2.75) is 38.1 Å². The van der Waals surface area contributed by atoms with E-state index in [4.69, 9.17) is 4.74 Å². The van der Waals surface area contributed by atoms with Gasteiger partial charge in [-0.1, -0.05) is 19.3 Å². The standard InChI is InChI=1S/C21H25BrN4O4/c22-17-12-14(6-7-18(17)25-8-10-30-11-9-25)23-13-16-19(27)24-21(29)26(20(16)28)15-4-2-1-3-5-15/h6-7,12-13,15,28H,1-5,8-11H2,(H,24,27,29). The molecule has 2 heterocycles. The second-order valence-electron chi connectivity index (χ2n) is 7.65. The van der Waals surface area contributed by atoms with E-state index in [-0.39, 0.29) is 17.5 Å². The first kappa shape index (κ1) is 20.9. The Labute approximate surface area is 182 Å². The van der Waals surface area contributed by atoms with Gasteiger partial charge >= 0.3 is 5.69 Å². The van der Waals surface area contributed by atoms with Crippen LogP contribution in [0, 0.1) is 0 Å². The molecule has 0 spiro atoms. The second kappa shape index (κ2) is 9.18. The number of nitrogens with one attached hydrogen (secondary N) is 1. The molecule has 0 amide bonds. The molecule has 2 fully saturated rings. The summed E-state index contributed by atoms with van der Waals surface area (Å²) in [6.07, 6.45) is 6.07. The third-order valence-corrected chi connectivity index (χ3v) is 6.35. The van der Waals surface area contributed by atoms with Gasteiger partial charge in [0.15, 0.2) is 0 Å². The maximum absolute atomic E-state index is 12.3. The van der Waals surface area contributed by atoms with Gasteiger partial charge in [0, 0.05) is 29.8 Å². The molecule has 2 N–H and O–H groups in total. The highest BCUT2D eigenvalue weighted by molar-refractivity contribution is 9.10. The fraction of sp³-hybridized carbons (Fsp3) is 0.476. The lowest BCUT2D eigenvalue weighted by Gasteiger charge is -2.29. The van der Waals surface area contributed by atoms with Crippen molar-refractivity contribution < 1.29 is 9.84 Å². The largest absolute Gasteiger partial charge is 0.494 e. The molecule has 8 nitrogen and oxygen atoms in total. The Morgan fingerprint density at radius 1 is 1.17 bits per heavy atom. The molecule has 1 aromatic carbocycles. The predicted octanol–water partition coefficient (Wildman–Crippen LogP) is 3.10. The Balaban J connectivity index is 1.61. The maximum atomic E-state index is 12.3. The summed E-state index contributed by atoms with van der Waals surface area (Å²) < 4.78 is 7.59. The van der Waals surface area contributed by atoms with Crippen LogP contribution < -0.4 is 16.1 Å². The number of nitrogens with zero attached hydrogens (tertiary/aromatic N) is 3. The number of aromatic nitrogens is 2. The van der Waals surface area contributed by atoms with Crippen LogP contribution in [0.4, 0.5) is 11.4 Å². The molecule has 2 aromatic rings. The number of H-pyrrole nitrogens is 1. The summed E-state index contributed by atoms with van der Waals surface area (Å²) in [7, 11) is 0. The first-order valence-corrected chi connectivity index (χ1v) is 11.1. The van der Waals surface area contributed by atoms with Gasteiger partial charge in [0.2, 0.25) is 5.88 Å². The third-order valence-electron chi connectivity index (χ3n) is 5.72. The summed E-state index contributed by atoms with van der Waals surface area (Å²) in [5, 5.41) is 10.7. The number of aromatic amines is 1. The van der Waals surface area contributed by atoms with Crippen LogP contribution in [-0.2, 0) is 4.74 Å². The van der Waals surface area contributed by atoms with Crippen molar-refractivity contribution in [1.82, 2.24) is 9.55 Å². The van der Waals surface area contributed by atoms with Crippen LogP contribution in [0.25, 0.3) is 0 Å². The molecule has 0 bridgehead atoms. The van der Waals surface area contributed by atoms with Crippen molar-refractivity contribution in [2.75, 3.05) is 31.2 Å². The molecular weight excluding hydrogens is 452 g/mol. The normalized spacial score (nSPS) is 18.2. The zero-order chi connectivity index (χ0) is 21.1. The van der Waals surface area contributed by atoms with Crippen LogP contribution in [0.3, 0.4) is 0 Å². The molecule has 1 saturated carbocycles. The van der Waals surface area contributed by atoms with Gasteiger partial charge in [-0.3, -0.25) is 19.3 Å². The highest BCUT2D eigenvalue weighted by atomic mass is 79.9. The number of benzene rings is 1. The summed E-state index contributed by atoms with van der Waals surface area (Å²) in [6, 6.07) is 5.59. The van der Waals surface area contributed by atoms with E-state index in [1.165, 1.54) is 10.8 Å². The van der Waals surface area contributed by atoms with Crippen molar-refractivity contribution in [3.8, 4) is 5.88 Å². The number of halogens is 1. The summed E-state index contributed by atoms with van der Waals surface area (Å²) in [6.45, 7) is 3.05. The Morgan fingerprint density at radius 2 is 1.90 bits per heavy atom.